The van der Waals surface area contributed by atoms with E-state index in [-0.39, 0.29) is 24.4 Å². The van der Waals surface area contributed by atoms with Crippen LogP contribution in [0.5, 0.6) is 5.75 Å². The van der Waals surface area contributed by atoms with Crippen LogP contribution in [0.4, 0.5) is 10.5 Å². The van der Waals surface area contributed by atoms with Crippen molar-refractivity contribution in [2.45, 2.75) is 25.8 Å². The molecule has 2 rings (SSSR count). The average Bonchev–Trinajstić information content (AvgIpc) is 2.60. The molecule has 7 heteroatoms. The zero-order valence-electron chi connectivity index (χ0n) is 15.6. The van der Waals surface area contributed by atoms with Crippen LogP contribution in [0.15, 0.2) is 54.6 Å². The third-order valence-electron chi connectivity index (χ3n) is 3.90. The minimum Gasteiger partial charge on any atom is -0.492 e. The summed E-state index contributed by atoms with van der Waals surface area (Å²) in [6.45, 7) is 2.04. The highest BCUT2D eigenvalue weighted by Gasteiger charge is 2.09. The van der Waals surface area contributed by atoms with Gasteiger partial charge in [-0.15, -0.1) is 0 Å². The molecule has 0 saturated carbocycles. The standard InChI is InChI=1S/C20H26N2O4S/c1-16(11-12-17-7-4-3-5-8-17)21-20(23)22-18-9-6-10-19(15-18)26-13-14-27(2,24)25/h3-10,15-16H,11-14H2,1-2H3,(H2,21,22,23). The molecule has 2 aromatic carbocycles. The Morgan fingerprint density at radius 1 is 1.11 bits per heavy atom. The largest absolute Gasteiger partial charge is 0.492 e. The molecule has 0 aliphatic heterocycles. The van der Waals surface area contributed by atoms with E-state index in [1.807, 2.05) is 25.1 Å². The molecule has 146 valence electrons. The van der Waals surface area contributed by atoms with Crippen molar-refractivity contribution < 1.29 is 17.9 Å². The smallest absolute Gasteiger partial charge is 0.319 e. The number of hydrogen-bond donors (Lipinski definition) is 2. The lowest BCUT2D eigenvalue weighted by molar-refractivity contribution is 0.248. The molecule has 0 bridgehead atoms. The predicted octanol–water partition coefficient (Wildman–Crippen LogP) is 3.25. The molecule has 0 aromatic heterocycles. The third kappa shape index (κ3) is 8.59. The van der Waals surface area contributed by atoms with E-state index in [2.05, 4.69) is 22.8 Å². The van der Waals surface area contributed by atoms with Crippen molar-refractivity contribution in [2.75, 3.05) is 23.9 Å². The monoisotopic (exact) mass is 390 g/mol. The molecule has 0 radical (unpaired) electrons. The fraction of sp³-hybridized carbons (Fsp3) is 0.350. The number of hydrogen-bond acceptors (Lipinski definition) is 4. The van der Waals surface area contributed by atoms with Crippen LogP contribution < -0.4 is 15.4 Å². The number of anilines is 1. The lowest BCUT2D eigenvalue weighted by atomic mass is 10.1. The summed E-state index contributed by atoms with van der Waals surface area (Å²) in [5, 5.41) is 5.68. The van der Waals surface area contributed by atoms with E-state index in [0.29, 0.717) is 11.4 Å². The fourth-order valence-electron chi connectivity index (χ4n) is 2.47. The van der Waals surface area contributed by atoms with E-state index in [1.54, 1.807) is 24.3 Å². The zero-order chi connectivity index (χ0) is 19.7. The predicted molar refractivity (Wildman–Crippen MR) is 108 cm³/mol. The Morgan fingerprint density at radius 3 is 2.56 bits per heavy atom. The number of urea groups is 1. The highest BCUT2D eigenvalue weighted by molar-refractivity contribution is 7.90. The number of aryl methyl sites for hydroxylation is 1. The van der Waals surface area contributed by atoms with Gasteiger partial charge in [0, 0.05) is 24.1 Å². The third-order valence-corrected chi connectivity index (χ3v) is 4.81. The van der Waals surface area contributed by atoms with Crippen LogP contribution in [0.2, 0.25) is 0 Å². The Hall–Kier alpha value is -2.54. The topological polar surface area (TPSA) is 84.5 Å². The van der Waals surface area contributed by atoms with Crippen LogP contribution >= 0.6 is 0 Å². The maximum Gasteiger partial charge on any atom is 0.319 e. The van der Waals surface area contributed by atoms with Crippen molar-refractivity contribution in [1.29, 1.82) is 0 Å². The van der Waals surface area contributed by atoms with Crippen LogP contribution in [0.3, 0.4) is 0 Å². The maximum absolute atomic E-state index is 12.1. The van der Waals surface area contributed by atoms with E-state index in [0.717, 1.165) is 19.1 Å². The van der Waals surface area contributed by atoms with Gasteiger partial charge in [-0.05, 0) is 37.5 Å². The molecule has 2 amide bonds. The van der Waals surface area contributed by atoms with Crippen molar-refractivity contribution in [1.82, 2.24) is 5.32 Å². The van der Waals surface area contributed by atoms with Gasteiger partial charge in [-0.1, -0.05) is 36.4 Å². The Labute approximate surface area is 160 Å². The molecule has 27 heavy (non-hydrogen) atoms. The Kier molecular flexibility index (Phi) is 7.67. The summed E-state index contributed by atoms with van der Waals surface area (Å²) >= 11 is 0. The number of carbonyl (C=O) groups excluding carboxylic acids is 1. The number of amides is 2. The summed E-state index contributed by atoms with van der Waals surface area (Å²) in [7, 11) is -3.07. The first-order valence-corrected chi connectivity index (χ1v) is 10.9. The van der Waals surface area contributed by atoms with Gasteiger partial charge < -0.3 is 15.4 Å². The summed E-state index contributed by atoms with van der Waals surface area (Å²) in [4.78, 5) is 12.1. The van der Waals surface area contributed by atoms with Gasteiger partial charge in [-0.2, -0.15) is 0 Å². The lowest BCUT2D eigenvalue weighted by Gasteiger charge is -2.15. The highest BCUT2D eigenvalue weighted by atomic mass is 32.2. The van der Waals surface area contributed by atoms with E-state index < -0.39 is 9.84 Å². The van der Waals surface area contributed by atoms with E-state index in [1.165, 1.54) is 5.56 Å². The molecule has 2 aromatic rings. The first-order chi connectivity index (χ1) is 12.8. The Morgan fingerprint density at radius 2 is 1.85 bits per heavy atom. The van der Waals surface area contributed by atoms with Gasteiger partial charge in [0.1, 0.15) is 12.4 Å². The molecule has 0 heterocycles. The second kappa shape index (κ2) is 9.97. The minimum atomic E-state index is -3.07. The second-order valence-corrected chi connectivity index (χ2v) is 8.79. The number of sulfone groups is 1. The van der Waals surface area contributed by atoms with Gasteiger partial charge in [0.05, 0.1) is 5.75 Å². The van der Waals surface area contributed by atoms with Gasteiger partial charge >= 0.3 is 6.03 Å². The normalized spacial score (nSPS) is 12.2. The van der Waals surface area contributed by atoms with Crippen molar-refractivity contribution in [3.63, 3.8) is 0 Å². The van der Waals surface area contributed by atoms with Crippen LogP contribution in [0.1, 0.15) is 18.9 Å². The van der Waals surface area contributed by atoms with E-state index in [4.69, 9.17) is 4.74 Å². The van der Waals surface area contributed by atoms with Gasteiger partial charge in [-0.25, -0.2) is 13.2 Å². The first kappa shape index (κ1) is 20.8. The molecule has 0 spiro atoms. The van der Waals surface area contributed by atoms with Crippen LogP contribution in [-0.4, -0.2) is 39.1 Å². The molecule has 2 N–H and O–H groups in total. The van der Waals surface area contributed by atoms with Gasteiger partial charge in [0.15, 0.2) is 9.84 Å². The number of carbonyl (C=O) groups is 1. The highest BCUT2D eigenvalue weighted by Crippen LogP contribution is 2.17. The molecule has 1 unspecified atom stereocenters. The number of rotatable bonds is 9. The summed E-state index contributed by atoms with van der Waals surface area (Å²) < 4.78 is 27.7. The van der Waals surface area contributed by atoms with E-state index in [9.17, 15) is 13.2 Å². The van der Waals surface area contributed by atoms with Gasteiger partial charge in [-0.3, -0.25) is 0 Å². The molecular formula is C20H26N2O4S. The molecule has 0 aliphatic rings. The summed E-state index contributed by atoms with van der Waals surface area (Å²) in [6.07, 6.45) is 2.90. The van der Waals surface area contributed by atoms with Crippen LogP contribution in [0.25, 0.3) is 0 Å². The number of benzene rings is 2. The minimum absolute atomic E-state index is 0.0272. The second-order valence-electron chi connectivity index (χ2n) is 6.53. The maximum atomic E-state index is 12.1. The van der Waals surface area contributed by atoms with E-state index >= 15 is 0 Å². The molecule has 0 aliphatic carbocycles. The van der Waals surface area contributed by atoms with Crippen molar-refractivity contribution in [3.8, 4) is 5.75 Å². The van der Waals surface area contributed by atoms with Gasteiger partial charge in [0.25, 0.3) is 0 Å². The van der Waals surface area contributed by atoms with Crippen LogP contribution in [-0.2, 0) is 16.3 Å². The first-order valence-electron chi connectivity index (χ1n) is 8.84. The molecule has 1 atom stereocenters. The fourth-order valence-corrected chi connectivity index (χ4v) is 2.85. The molecule has 0 saturated heterocycles. The van der Waals surface area contributed by atoms with Crippen LogP contribution in [0, 0.1) is 0 Å². The van der Waals surface area contributed by atoms with Gasteiger partial charge in [0.2, 0.25) is 0 Å². The SMILES string of the molecule is CC(CCc1ccccc1)NC(=O)Nc1cccc(OCCS(C)(=O)=O)c1. The lowest BCUT2D eigenvalue weighted by Crippen LogP contribution is -2.36. The summed E-state index contributed by atoms with van der Waals surface area (Å²) in [5.74, 6) is 0.456. The molecular weight excluding hydrogens is 364 g/mol. The van der Waals surface area contributed by atoms with Crippen molar-refractivity contribution in [3.05, 3.63) is 60.2 Å². The number of ether oxygens (including phenoxy) is 1. The quantitative estimate of drug-likeness (QED) is 0.688. The summed E-state index contributed by atoms with van der Waals surface area (Å²) in [6, 6.07) is 16.7. The molecule has 6 nitrogen and oxygen atoms in total. The average molecular weight is 391 g/mol. The summed E-state index contributed by atoms with van der Waals surface area (Å²) in [5.41, 5.74) is 1.82. The Balaban J connectivity index is 1.78. The van der Waals surface area contributed by atoms with Crippen molar-refractivity contribution >= 4 is 21.6 Å². The molecule has 0 fully saturated rings. The van der Waals surface area contributed by atoms with Crippen molar-refractivity contribution in [2.24, 2.45) is 0 Å². The zero-order valence-corrected chi connectivity index (χ0v) is 16.5. The number of nitrogens with one attached hydrogen (secondary N) is 2. The Bertz CT molecular complexity index is 838.